The molecule has 1 aliphatic carbocycles. The van der Waals surface area contributed by atoms with Gasteiger partial charge in [0.1, 0.15) is 0 Å². The number of rotatable bonds is 3. The molecule has 0 saturated carbocycles. The molecule has 0 amide bonds. The molecule has 0 N–H and O–H groups in total. The lowest BCUT2D eigenvalue weighted by Gasteiger charge is -2.13. The Labute approximate surface area is 102 Å². The van der Waals surface area contributed by atoms with Gasteiger partial charge in [0.25, 0.3) is 0 Å². The second kappa shape index (κ2) is 5.67. The van der Waals surface area contributed by atoms with Gasteiger partial charge in [0.2, 0.25) is 0 Å². The van der Waals surface area contributed by atoms with E-state index in [4.69, 9.17) is 4.74 Å². The van der Waals surface area contributed by atoms with Crippen molar-refractivity contribution in [3.63, 3.8) is 0 Å². The van der Waals surface area contributed by atoms with Crippen LogP contribution in [0.4, 0.5) is 0 Å². The van der Waals surface area contributed by atoms with E-state index in [1.54, 1.807) is 0 Å². The molecule has 1 aliphatic rings. The van der Waals surface area contributed by atoms with Crippen molar-refractivity contribution in [3.8, 4) is 0 Å². The smallest absolute Gasteiger partial charge is 0.338 e. The number of benzene rings is 1. The molecule has 0 unspecified atom stereocenters. The lowest BCUT2D eigenvalue weighted by atomic mass is 9.93. The van der Waals surface area contributed by atoms with Crippen molar-refractivity contribution >= 4 is 11.5 Å². The standard InChI is InChI=1S/C15H18O2/c1-2-17-15(16)14-10-8-13(9-11-14)12-6-4-3-5-7-12/h6,8-11H,2-5,7H2,1H3. The van der Waals surface area contributed by atoms with Crippen LogP contribution in [0.2, 0.25) is 0 Å². The highest BCUT2D eigenvalue weighted by atomic mass is 16.5. The van der Waals surface area contributed by atoms with Crippen LogP contribution in [-0.4, -0.2) is 12.6 Å². The summed E-state index contributed by atoms with van der Waals surface area (Å²) in [5, 5.41) is 0. The number of hydrogen-bond acceptors (Lipinski definition) is 2. The lowest BCUT2D eigenvalue weighted by molar-refractivity contribution is 0.0526. The van der Waals surface area contributed by atoms with Gasteiger partial charge in [-0.1, -0.05) is 18.2 Å². The van der Waals surface area contributed by atoms with E-state index in [-0.39, 0.29) is 5.97 Å². The van der Waals surface area contributed by atoms with Crippen molar-refractivity contribution in [2.24, 2.45) is 0 Å². The third-order valence-corrected chi connectivity index (χ3v) is 3.06. The number of ether oxygens (including phenoxy) is 1. The predicted molar refractivity (Wildman–Crippen MR) is 68.8 cm³/mol. The van der Waals surface area contributed by atoms with E-state index in [1.807, 2.05) is 31.2 Å². The number of hydrogen-bond donors (Lipinski definition) is 0. The minimum absolute atomic E-state index is 0.239. The summed E-state index contributed by atoms with van der Waals surface area (Å²) in [6, 6.07) is 7.73. The lowest BCUT2D eigenvalue weighted by Crippen LogP contribution is -2.04. The molecular weight excluding hydrogens is 212 g/mol. The fraction of sp³-hybridized carbons (Fsp3) is 0.400. The van der Waals surface area contributed by atoms with Crippen molar-refractivity contribution in [3.05, 3.63) is 41.5 Å². The second-order valence-corrected chi connectivity index (χ2v) is 4.27. The molecule has 0 saturated heterocycles. The molecule has 1 aromatic rings. The van der Waals surface area contributed by atoms with Crippen molar-refractivity contribution in [1.29, 1.82) is 0 Å². The molecule has 0 radical (unpaired) electrons. The topological polar surface area (TPSA) is 26.3 Å². The molecule has 0 heterocycles. The summed E-state index contributed by atoms with van der Waals surface area (Å²) in [5.41, 5.74) is 3.27. The minimum Gasteiger partial charge on any atom is -0.462 e. The number of carbonyl (C=O) groups excluding carboxylic acids is 1. The molecule has 0 aliphatic heterocycles. The van der Waals surface area contributed by atoms with Gasteiger partial charge in [0.05, 0.1) is 12.2 Å². The monoisotopic (exact) mass is 230 g/mol. The second-order valence-electron chi connectivity index (χ2n) is 4.27. The van der Waals surface area contributed by atoms with Crippen LogP contribution >= 0.6 is 0 Å². The first kappa shape index (κ1) is 11.9. The van der Waals surface area contributed by atoms with E-state index >= 15 is 0 Å². The highest BCUT2D eigenvalue weighted by molar-refractivity contribution is 5.89. The number of allylic oxidation sites excluding steroid dienone is 2. The van der Waals surface area contributed by atoms with E-state index in [0.717, 1.165) is 6.42 Å². The van der Waals surface area contributed by atoms with Gasteiger partial charge < -0.3 is 4.74 Å². The molecule has 1 aromatic carbocycles. The van der Waals surface area contributed by atoms with Crippen LogP contribution in [0, 0.1) is 0 Å². The SMILES string of the molecule is CCOC(=O)c1ccc(C2=CCCCC2)cc1. The first-order valence-electron chi connectivity index (χ1n) is 6.28. The molecule has 0 fully saturated rings. The van der Waals surface area contributed by atoms with Crippen LogP contribution in [0.3, 0.4) is 0 Å². The highest BCUT2D eigenvalue weighted by Gasteiger charge is 2.09. The van der Waals surface area contributed by atoms with Crippen LogP contribution in [0.1, 0.15) is 48.5 Å². The molecule has 17 heavy (non-hydrogen) atoms. The molecule has 2 heteroatoms. The zero-order chi connectivity index (χ0) is 12.1. The molecular formula is C15H18O2. The molecule has 0 aromatic heterocycles. The Morgan fingerprint density at radius 1 is 1.24 bits per heavy atom. The van der Waals surface area contributed by atoms with E-state index in [9.17, 15) is 4.79 Å². The number of esters is 1. The van der Waals surface area contributed by atoms with Gasteiger partial charge in [-0.2, -0.15) is 0 Å². The van der Waals surface area contributed by atoms with Crippen molar-refractivity contribution in [2.45, 2.75) is 32.6 Å². The molecule has 0 spiro atoms. The summed E-state index contributed by atoms with van der Waals surface area (Å²) in [7, 11) is 0. The Kier molecular flexibility index (Phi) is 3.97. The van der Waals surface area contributed by atoms with Gasteiger partial charge in [-0.15, -0.1) is 0 Å². The quantitative estimate of drug-likeness (QED) is 0.738. The maximum Gasteiger partial charge on any atom is 0.338 e. The number of carbonyl (C=O) groups is 1. The summed E-state index contributed by atoms with van der Waals surface area (Å²) < 4.78 is 4.96. The van der Waals surface area contributed by atoms with Gasteiger partial charge in [0.15, 0.2) is 0 Å². The summed E-state index contributed by atoms with van der Waals surface area (Å²) in [6.07, 6.45) is 7.20. The predicted octanol–water partition coefficient (Wildman–Crippen LogP) is 3.82. The highest BCUT2D eigenvalue weighted by Crippen LogP contribution is 2.26. The Morgan fingerprint density at radius 3 is 2.59 bits per heavy atom. The summed E-state index contributed by atoms with van der Waals surface area (Å²) in [6.45, 7) is 2.24. The summed E-state index contributed by atoms with van der Waals surface area (Å²) >= 11 is 0. The average Bonchev–Trinajstić information content (AvgIpc) is 2.40. The Bertz CT molecular complexity index is 415. The fourth-order valence-corrected chi connectivity index (χ4v) is 2.14. The molecule has 90 valence electrons. The third-order valence-electron chi connectivity index (χ3n) is 3.06. The van der Waals surface area contributed by atoms with Crippen LogP contribution in [0.25, 0.3) is 5.57 Å². The zero-order valence-corrected chi connectivity index (χ0v) is 10.2. The Hall–Kier alpha value is -1.57. The van der Waals surface area contributed by atoms with Gasteiger partial charge in [-0.25, -0.2) is 4.79 Å². The van der Waals surface area contributed by atoms with Gasteiger partial charge in [-0.05, 0) is 55.9 Å². The Balaban J connectivity index is 2.12. The van der Waals surface area contributed by atoms with E-state index in [2.05, 4.69) is 6.08 Å². The normalized spacial score (nSPS) is 15.2. The molecule has 2 rings (SSSR count). The van der Waals surface area contributed by atoms with Crippen LogP contribution in [0.15, 0.2) is 30.3 Å². The first-order valence-corrected chi connectivity index (χ1v) is 6.28. The zero-order valence-electron chi connectivity index (χ0n) is 10.2. The van der Waals surface area contributed by atoms with Crippen LogP contribution < -0.4 is 0 Å². The molecule has 0 bridgehead atoms. The molecule has 2 nitrogen and oxygen atoms in total. The van der Waals surface area contributed by atoms with E-state index < -0.39 is 0 Å². The van der Waals surface area contributed by atoms with Gasteiger partial charge in [-0.3, -0.25) is 0 Å². The fourth-order valence-electron chi connectivity index (χ4n) is 2.14. The maximum absolute atomic E-state index is 11.5. The Morgan fingerprint density at radius 2 is 2.00 bits per heavy atom. The summed E-state index contributed by atoms with van der Waals surface area (Å²) in [4.78, 5) is 11.5. The maximum atomic E-state index is 11.5. The third kappa shape index (κ3) is 2.96. The first-order chi connectivity index (χ1) is 8.31. The van der Waals surface area contributed by atoms with Gasteiger partial charge in [0, 0.05) is 0 Å². The average molecular weight is 230 g/mol. The van der Waals surface area contributed by atoms with Crippen LogP contribution in [0.5, 0.6) is 0 Å². The van der Waals surface area contributed by atoms with Crippen molar-refractivity contribution in [2.75, 3.05) is 6.61 Å². The van der Waals surface area contributed by atoms with E-state index in [0.29, 0.717) is 12.2 Å². The van der Waals surface area contributed by atoms with E-state index in [1.165, 1.54) is 30.4 Å². The largest absolute Gasteiger partial charge is 0.462 e. The minimum atomic E-state index is -0.239. The van der Waals surface area contributed by atoms with Crippen LogP contribution in [-0.2, 0) is 4.74 Å². The van der Waals surface area contributed by atoms with Gasteiger partial charge >= 0.3 is 5.97 Å². The van der Waals surface area contributed by atoms with Crippen molar-refractivity contribution in [1.82, 2.24) is 0 Å². The summed E-state index contributed by atoms with van der Waals surface area (Å²) in [5.74, 6) is -0.239. The molecule has 0 atom stereocenters. The van der Waals surface area contributed by atoms with Crippen molar-refractivity contribution < 1.29 is 9.53 Å².